The maximum absolute atomic E-state index is 9.24. The zero-order chi connectivity index (χ0) is 15.5. The first-order valence-corrected chi connectivity index (χ1v) is 12.1. The van der Waals surface area contributed by atoms with Crippen molar-refractivity contribution in [2.24, 2.45) is 0 Å². The van der Waals surface area contributed by atoms with E-state index in [9.17, 15) is 10.2 Å². The van der Waals surface area contributed by atoms with Crippen molar-refractivity contribution in [3.05, 3.63) is 0 Å². The number of aliphatic hydroxyl groups excluding tert-OH is 2. The average molecular weight is 326 g/mol. The summed E-state index contributed by atoms with van der Waals surface area (Å²) in [5.74, 6) is 0. The Morgan fingerprint density at radius 1 is 0.850 bits per heavy atom. The molecule has 8 heteroatoms. The standard InChI is InChI=1S/C12H31NO5Si2/c1-16-20(17-2,18-3)10-6-8-13-7-5-9-19(4,11-14)12-15/h13-15H,5-12H2,1-4H3. The molecule has 6 nitrogen and oxygen atoms in total. The van der Waals surface area contributed by atoms with Crippen LogP contribution in [0.25, 0.3) is 0 Å². The van der Waals surface area contributed by atoms with E-state index >= 15 is 0 Å². The molecule has 20 heavy (non-hydrogen) atoms. The van der Waals surface area contributed by atoms with Gasteiger partial charge >= 0.3 is 8.80 Å². The first-order valence-electron chi connectivity index (χ1n) is 7.09. The van der Waals surface area contributed by atoms with Gasteiger partial charge in [-0.2, -0.15) is 0 Å². The molecule has 0 atom stereocenters. The van der Waals surface area contributed by atoms with Gasteiger partial charge in [0.2, 0.25) is 0 Å². The lowest BCUT2D eigenvalue weighted by atomic mass is 10.4. The largest absolute Gasteiger partial charge is 0.500 e. The molecule has 0 aliphatic carbocycles. The maximum atomic E-state index is 9.24. The van der Waals surface area contributed by atoms with Crippen LogP contribution in [0.15, 0.2) is 0 Å². The molecule has 0 aromatic heterocycles. The van der Waals surface area contributed by atoms with Crippen LogP contribution in [-0.2, 0) is 13.3 Å². The van der Waals surface area contributed by atoms with Crippen LogP contribution in [0.3, 0.4) is 0 Å². The van der Waals surface area contributed by atoms with Gasteiger partial charge in [0.05, 0.1) is 0 Å². The van der Waals surface area contributed by atoms with E-state index in [0.717, 1.165) is 38.0 Å². The third-order valence-corrected chi connectivity index (χ3v) is 9.59. The fourth-order valence-corrected chi connectivity index (χ4v) is 5.13. The van der Waals surface area contributed by atoms with Crippen LogP contribution in [-0.4, -0.2) is 74.0 Å². The van der Waals surface area contributed by atoms with Gasteiger partial charge in [-0.15, -0.1) is 0 Å². The molecule has 0 unspecified atom stereocenters. The zero-order valence-corrected chi connectivity index (χ0v) is 15.3. The Bertz CT molecular complexity index is 230. The van der Waals surface area contributed by atoms with Crippen LogP contribution < -0.4 is 5.32 Å². The van der Waals surface area contributed by atoms with E-state index in [4.69, 9.17) is 13.3 Å². The first-order chi connectivity index (χ1) is 9.51. The third kappa shape index (κ3) is 7.27. The Hall–Kier alpha value is 0.194. The van der Waals surface area contributed by atoms with Crippen molar-refractivity contribution < 1.29 is 23.5 Å². The molecule has 0 aliphatic heterocycles. The van der Waals surface area contributed by atoms with Gasteiger partial charge in [-0.25, -0.2) is 0 Å². The molecule has 0 aliphatic rings. The van der Waals surface area contributed by atoms with Gasteiger partial charge < -0.3 is 28.8 Å². The lowest BCUT2D eigenvalue weighted by Crippen LogP contribution is -2.43. The average Bonchev–Trinajstić information content (AvgIpc) is 2.50. The molecular weight excluding hydrogens is 294 g/mol. The van der Waals surface area contributed by atoms with Crippen molar-refractivity contribution in [3.63, 3.8) is 0 Å². The second kappa shape index (κ2) is 10.9. The number of nitrogens with one attached hydrogen (secondary N) is 1. The molecule has 0 saturated heterocycles. The Labute approximate surface area is 124 Å². The SMILES string of the molecule is CO[Si](CCCNCCC[Si](C)(CO)CO)(OC)OC. The number of aliphatic hydroxyl groups is 2. The third-order valence-electron chi connectivity index (χ3n) is 3.67. The van der Waals surface area contributed by atoms with E-state index in [1.165, 1.54) is 0 Å². The second-order valence-electron chi connectivity index (χ2n) is 5.38. The van der Waals surface area contributed by atoms with Crippen molar-refractivity contribution in [1.82, 2.24) is 5.32 Å². The Kier molecular flexibility index (Phi) is 11.0. The van der Waals surface area contributed by atoms with E-state index in [-0.39, 0.29) is 12.5 Å². The predicted octanol–water partition coefficient (Wildman–Crippen LogP) is 0.376. The highest BCUT2D eigenvalue weighted by atomic mass is 28.4. The van der Waals surface area contributed by atoms with Crippen LogP contribution in [0.1, 0.15) is 12.8 Å². The zero-order valence-electron chi connectivity index (χ0n) is 13.3. The van der Waals surface area contributed by atoms with E-state index in [1.54, 1.807) is 21.3 Å². The number of rotatable bonds is 13. The molecule has 0 spiro atoms. The fraction of sp³-hybridized carbons (Fsp3) is 1.00. The maximum Gasteiger partial charge on any atom is 0.500 e. The van der Waals surface area contributed by atoms with Gasteiger partial charge in [-0.05, 0) is 25.9 Å². The summed E-state index contributed by atoms with van der Waals surface area (Å²) in [6.07, 6.45) is 2.25. The van der Waals surface area contributed by atoms with Gasteiger partial charge in [0.15, 0.2) is 0 Å². The smallest absolute Gasteiger partial charge is 0.400 e. The van der Waals surface area contributed by atoms with Crippen molar-refractivity contribution in [1.29, 1.82) is 0 Å². The Morgan fingerprint density at radius 2 is 1.30 bits per heavy atom. The van der Waals surface area contributed by atoms with Crippen molar-refractivity contribution >= 4 is 16.9 Å². The summed E-state index contributed by atoms with van der Waals surface area (Å²) >= 11 is 0. The minimum Gasteiger partial charge on any atom is -0.400 e. The number of hydrogen-bond donors (Lipinski definition) is 3. The van der Waals surface area contributed by atoms with Crippen molar-refractivity contribution in [3.8, 4) is 0 Å². The molecule has 0 saturated carbocycles. The number of hydrogen-bond acceptors (Lipinski definition) is 6. The monoisotopic (exact) mass is 325 g/mol. The summed E-state index contributed by atoms with van der Waals surface area (Å²) in [7, 11) is 0.659. The lowest BCUT2D eigenvalue weighted by molar-refractivity contribution is 0.123. The summed E-state index contributed by atoms with van der Waals surface area (Å²) in [5, 5.41) is 21.8. The molecule has 0 aromatic carbocycles. The van der Waals surface area contributed by atoms with E-state index in [1.807, 2.05) is 6.55 Å². The molecule has 0 radical (unpaired) electrons. The molecular formula is C12H31NO5Si2. The van der Waals surface area contributed by atoms with Crippen molar-refractivity contribution in [2.45, 2.75) is 31.5 Å². The molecule has 3 N–H and O–H groups in total. The second-order valence-corrected chi connectivity index (χ2v) is 13.2. The van der Waals surface area contributed by atoms with E-state index < -0.39 is 16.9 Å². The lowest BCUT2D eigenvalue weighted by Gasteiger charge is -2.24. The van der Waals surface area contributed by atoms with Crippen LogP contribution in [0.5, 0.6) is 0 Å². The molecule has 0 heterocycles. The van der Waals surface area contributed by atoms with Gasteiger partial charge in [0, 0.05) is 39.8 Å². The summed E-state index contributed by atoms with van der Waals surface area (Å²) in [6.45, 7) is 3.83. The highest BCUT2D eigenvalue weighted by Crippen LogP contribution is 2.14. The molecule has 0 rings (SSSR count). The fourth-order valence-electron chi connectivity index (χ4n) is 1.96. The van der Waals surface area contributed by atoms with E-state index in [0.29, 0.717) is 0 Å². The molecule has 0 bridgehead atoms. The van der Waals surface area contributed by atoms with Gasteiger partial charge in [0.25, 0.3) is 0 Å². The highest BCUT2D eigenvalue weighted by molar-refractivity contribution is 6.78. The Morgan fingerprint density at radius 3 is 1.70 bits per heavy atom. The predicted molar refractivity (Wildman–Crippen MR) is 84.3 cm³/mol. The van der Waals surface area contributed by atoms with Crippen molar-refractivity contribution in [2.75, 3.05) is 46.9 Å². The molecule has 0 fully saturated rings. The highest BCUT2D eigenvalue weighted by Gasteiger charge is 2.36. The Balaban J connectivity index is 3.68. The minimum absolute atomic E-state index is 0.160. The first kappa shape index (κ1) is 20.2. The summed E-state index contributed by atoms with van der Waals surface area (Å²) < 4.78 is 16.1. The van der Waals surface area contributed by atoms with Gasteiger partial charge in [0.1, 0.15) is 8.07 Å². The molecule has 0 amide bonds. The summed E-state index contributed by atoms with van der Waals surface area (Å²) in [6, 6.07) is 1.74. The molecule has 122 valence electrons. The van der Waals surface area contributed by atoms with Crippen LogP contribution in [0, 0.1) is 0 Å². The summed E-state index contributed by atoms with van der Waals surface area (Å²) in [5.41, 5.74) is 0. The minimum atomic E-state index is -2.43. The van der Waals surface area contributed by atoms with Crippen LogP contribution in [0.2, 0.25) is 18.6 Å². The topological polar surface area (TPSA) is 80.2 Å². The van der Waals surface area contributed by atoms with Crippen LogP contribution in [0.4, 0.5) is 0 Å². The van der Waals surface area contributed by atoms with Gasteiger partial charge in [-0.3, -0.25) is 0 Å². The molecule has 0 aromatic rings. The quantitative estimate of drug-likeness (QED) is 0.335. The normalized spacial score (nSPS) is 12.9. The van der Waals surface area contributed by atoms with E-state index in [2.05, 4.69) is 5.32 Å². The summed E-state index contributed by atoms with van der Waals surface area (Å²) in [4.78, 5) is 0. The van der Waals surface area contributed by atoms with Crippen LogP contribution >= 0.6 is 0 Å². The van der Waals surface area contributed by atoms with Gasteiger partial charge in [-0.1, -0.05) is 12.6 Å².